The second-order valence-electron chi connectivity index (χ2n) is 7.78. The quantitative estimate of drug-likeness (QED) is 0.602. The van der Waals surface area contributed by atoms with Gasteiger partial charge < -0.3 is 4.74 Å². The van der Waals surface area contributed by atoms with Crippen LogP contribution in [0.5, 0.6) is 0 Å². The smallest absolute Gasteiger partial charge is 0.268 e. The Balaban J connectivity index is 1.57. The third kappa shape index (κ3) is 3.13. The van der Waals surface area contributed by atoms with Crippen molar-refractivity contribution < 1.29 is 17.9 Å². The molecule has 30 heavy (non-hydrogen) atoms. The number of epoxide rings is 1. The van der Waals surface area contributed by atoms with E-state index in [1.807, 2.05) is 49.4 Å². The van der Waals surface area contributed by atoms with Gasteiger partial charge in [0.2, 0.25) is 0 Å². The summed E-state index contributed by atoms with van der Waals surface area (Å²) in [6, 6.07) is 22.9. The summed E-state index contributed by atoms with van der Waals surface area (Å²) in [4.78, 5) is 13.5. The summed E-state index contributed by atoms with van der Waals surface area (Å²) in [5, 5.41) is 0. The first kappa shape index (κ1) is 19.0. The molecule has 0 N–H and O–H groups in total. The van der Waals surface area contributed by atoms with Crippen LogP contribution in [-0.2, 0) is 21.2 Å². The fourth-order valence-electron chi connectivity index (χ4n) is 4.17. The van der Waals surface area contributed by atoms with Gasteiger partial charge in [-0.15, -0.1) is 0 Å². The van der Waals surface area contributed by atoms with E-state index in [4.69, 9.17) is 4.74 Å². The number of ether oxygens (including phenoxy) is 1. The van der Waals surface area contributed by atoms with Gasteiger partial charge in [0.25, 0.3) is 15.9 Å². The van der Waals surface area contributed by atoms with E-state index in [9.17, 15) is 13.2 Å². The minimum absolute atomic E-state index is 0.114. The van der Waals surface area contributed by atoms with Crippen LogP contribution in [0, 0.1) is 6.92 Å². The topological polar surface area (TPSA) is 67.0 Å². The van der Waals surface area contributed by atoms with Gasteiger partial charge in [0.15, 0.2) is 0 Å². The van der Waals surface area contributed by atoms with E-state index in [2.05, 4.69) is 0 Å². The third-order valence-corrected chi connectivity index (χ3v) is 7.61. The Morgan fingerprint density at radius 3 is 2.30 bits per heavy atom. The van der Waals surface area contributed by atoms with Crippen LogP contribution in [0.15, 0.2) is 83.8 Å². The average Bonchev–Trinajstić information content (AvgIpc) is 3.55. The van der Waals surface area contributed by atoms with Gasteiger partial charge in [-0.2, -0.15) is 0 Å². The zero-order chi connectivity index (χ0) is 20.9. The van der Waals surface area contributed by atoms with Gasteiger partial charge in [0.05, 0.1) is 10.9 Å². The van der Waals surface area contributed by atoms with E-state index in [1.54, 1.807) is 36.4 Å². The van der Waals surface area contributed by atoms with Crippen molar-refractivity contribution >= 4 is 15.9 Å². The highest BCUT2D eigenvalue weighted by molar-refractivity contribution is 7.89. The van der Waals surface area contributed by atoms with Crippen molar-refractivity contribution in [3.8, 4) is 0 Å². The standard InChI is InChI=1S/C24H21NO4S/c1-16-11-13-19(14-12-16)30(27,28)25-21(15-18-9-5-6-10-20(18)24(25)26)23-22(29-23)17-7-3-2-4-8-17/h2-14,21-23H,15H2,1H3. The molecule has 2 heterocycles. The fourth-order valence-corrected chi connectivity index (χ4v) is 5.75. The maximum atomic E-state index is 13.6. The van der Waals surface area contributed by atoms with Gasteiger partial charge in [0, 0.05) is 5.56 Å². The van der Waals surface area contributed by atoms with Gasteiger partial charge in [-0.1, -0.05) is 66.2 Å². The van der Waals surface area contributed by atoms with Crippen molar-refractivity contribution in [2.24, 2.45) is 0 Å². The highest BCUT2D eigenvalue weighted by Crippen LogP contribution is 2.46. The SMILES string of the molecule is Cc1ccc(S(=O)(=O)N2C(=O)c3ccccc3CC2C2OC2c2ccccc2)cc1. The number of hydrogen-bond donors (Lipinski definition) is 0. The number of sulfonamides is 1. The van der Waals surface area contributed by atoms with E-state index < -0.39 is 22.0 Å². The molecule has 3 unspecified atom stereocenters. The molecule has 0 radical (unpaired) electrons. The number of fused-ring (bicyclic) bond motifs is 1. The predicted molar refractivity (Wildman–Crippen MR) is 113 cm³/mol. The summed E-state index contributed by atoms with van der Waals surface area (Å²) in [5.41, 5.74) is 3.23. The van der Waals surface area contributed by atoms with Crippen LogP contribution in [0.2, 0.25) is 0 Å². The first-order valence-electron chi connectivity index (χ1n) is 9.90. The molecule has 152 valence electrons. The summed E-state index contributed by atoms with van der Waals surface area (Å²) < 4.78 is 34.1. The van der Waals surface area contributed by atoms with E-state index in [0.29, 0.717) is 12.0 Å². The van der Waals surface area contributed by atoms with Crippen molar-refractivity contribution in [1.82, 2.24) is 4.31 Å². The number of hydrogen-bond acceptors (Lipinski definition) is 4. The van der Waals surface area contributed by atoms with Crippen LogP contribution >= 0.6 is 0 Å². The summed E-state index contributed by atoms with van der Waals surface area (Å²) in [5.74, 6) is -0.496. The highest BCUT2D eigenvalue weighted by Gasteiger charge is 2.54. The molecule has 0 spiro atoms. The Labute approximate surface area is 176 Å². The number of amides is 1. The number of rotatable bonds is 4. The molecular formula is C24H21NO4S. The Bertz CT molecular complexity index is 1210. The lowest BCUT2D eigenvalue weighted by Crippen LogP contribution is -2.51. The minimum atomic E-state index is -4.03. The first-order valence-corrected chi connectivity index (χ1v) is 11.3. The van der Waals surface area contributed by atoms with E-state index in [1.165, 1.54) is 0 Å². The number of aryl methyl sites for hydroxylation is 1. The van der Waals surface area contributed by atoms with Crippen LogP contribution in [0.1, 0.15) is 33.2 Å². The molecule has 1 amide bonds. The highest BCUT2D eigenvalue weighted by atomic mass is 32.2. The molecule has 3 aromatic carbocycles. The zero-order valence-electron chi connectivity index (χ0n) is 16.4. The number of nitrogens with zero attached hydrogens (tertiary/aromatic N) is 1. The average molecular weight is 420 g/mol. The lowest BCUT2D eigenvalue weighted by molar-refractivity contribution is 0.0780. The second-order valence-corrected chi connectivity index (χ2v) is 9.59. The van der Waals surface area contributed by atoms with Gasteiger partial charge in [-0.05, 0) is 42.7 Å². The van der Waals surface area contributed by atoms with Gasteiger partial charge >= 0.3 is 0 Å². The van der Waals surface area contributed by atoms with Crippen LogP contribution < -0.4 is 0 Å². The molecule has 0 aromatic heterocycles. The molecule has 0 saturated carbocycles. The zero-order valence-corrected chi connectivity index (χ0v) is 17.2. The molecule has 3 atom stereocenters. The van der Waals surface area contributed by atoms with E-state index >= 15 is 0 Å². The molecule has 5 rings (SSSR count). The molecule has 6 heteroatoms. The van der Waals surface area contributed by atoms with E-state index in [-0.39, 0.29) is 17.1 Å². The molecule has 0 bridgehead atoms. The van der Waals surface area contributed by atoms with Gasteiger partial charge in [-0.3, -0.25) is 4.79 Å². The molecule has 5 nitrogen and oxygen atoms in total. The Morgan fingerprint density at radius 2 is 1.57 bits per heavy atom. The first-order chi connectivity index (χ1) is 14.5. The lowest BCUT2D eigenvalue weighted by atomic mass is 9.92. The second kappa shape index (κ2) is 7.07. The van der Waals surface area contributed by atoms with Gasteiger partial charge in [-0.25, -0.2) is 12.7 Å². The molecule has 3 aromatic rings. The Hall–Kier alpha value is -2.96. The molecule has 2 aliphatic rings. The van der Waals surface area contributed by atoms with Crippen molar-refractivity contribution in [3.63, 3.8) is 0 Å². The van der Waals surface area contributed by atoms with Crippen molar-refractivity contribution in [2.45, 2.75) is 36.5 Å². The summed E-state index contributed by atoms with van der Waals surface area (Å²) in [7, 11) is -4.03. The van der Waals surface area contributed by atoms with Crippen LogP contribution in [0.25, 0.3) is 0 Å². The molecular weight excluding hydrogens is 398 g/mol. The maximum absolute atomic E-state index is 13.6. The van der Waals surface area contributed by atoms with Crippen molar-refractivity contribution in [1.29, 1.82) is 0 Å². The Morgan fingerprint density at radius 1 is 0.900 bits per heavy atom. The van der Waals surface area contributed by atoms with Crippen molar-refractivity contribution in [3.05, 3.63) is 101 Å². The summed E-state index contributed by atoms with van der Waals surface area (Å²) >= 11 is 0. The van der Waals surface area contributed by atoms with Crippen LogP contribution in [-0.4, -0.2) is 30.8 Å². The summed E-state index contributed by atoms with van der Waals surface area (Å²) in [6.07, 6.45) is -0.156. The largest absolute Gasteiger partial charge is 0.362 e. The lowest BCUT2D eigenvalue weighted by Gasteiger charge is -2.35. The molecule has 1 saturated heterocycles. The molecule has 2 aliphatic heterocycles. The molecule has 0 aliphatic carbocycles. The summed E-state index contributed by atoms with van der Waals surface area (Å²) in [6.45, 7) is 1.89. The van der Waals surface area contributed by atoms with Gasteiger partial charge in [0.1, 0.15) is 12.2 Å². The normalized spacial score (nSPS) is 23.2. The van der Waals surface area contributed by atoms with Crippen molar-refractivity contribution in [2.75, 3.05) is 0 Å². The monoisotopic (exact) mass is 419 g/mol. The minimum Gasteiger partial charge on any atom is -0.362 e. The maximum Gasteiger partial charge on any atom is 0.268 e. The number of benzene rings is 3. The number of carbonyl (C=O) groups excluding carboxylic acids is 1. The third-order valence-electron chi connectivity index (χ3n) is 5.79. The fraction of sp³-hybridized carbons (Fsp3) is 0.208. The Kier molecular flexibility index (Phi) is 4.49. The number of carbonyl (C=O) groups is 1. The predicted octanol–water partition coefficient (Wildman–Crippen LogP) is 3.89. The van der Waals surface area contributed by atoms with Crippen LogP contribution in [0.4, 0.5) is 0 Å². The molecule has 1 fully saturated rings. The van der Waals surface area contributed by atoms with E-state index in [0.717, 1.165) is 21.0 Å². The van der Waals surface area contributed by atoms with Crippen LogP contribution in [0.3, 0.4) is 0 Å².